The van der Waals surface area contributed by atoms with E-state index in [2.05, 4.69) is 54.5 Å². The maximum atomic E-state index is 13.6. The van der Waals surface area contributed by atoms with Crippen molar-refractivity contribution in [2.24, 2.45) is 20.5 Å². The number of sulfone groups is 1. The Kier molecular flexibility index (Phi) is 14.4. The zero-order chi connectivity index (χ0) is 43.1. The van der Waals surface area contributed by atoms with Gasteiger partial charge in [0.15, 0.2) is 27.9 Å². The van der Waals surface area contributed by atoms with Gasteiger partial charge < -0.3 is 16.2 Å². The molecular weight excluding hydrogens is 903 g/mol. The van der Waals surface area contributed by atoms with Crippen molar-refractivity contribution in [2.45, 2.75) is 19.6 Å². The number of nitrogens with two attached hydrogens (primary N) is 1. The monoisotopic (exact) mass is 924 g/mol. The molecule has 24 nitrogen and oxygen atoms in total. The van der Waals surface area contributed by atoms with Crippen LogP contribution in [0.3, 0.4) is 0 Å². The molecule has 0 fully saturated rings. The maximum Gasteiger partial charge on any atom is 0.313 e. The van der Waals surface area contributed by atoms with Crippen LogP contribution in [0.5, 0.6) is 5.75 Å². The van der Waals surface area contributed by atoms with Gasteiger partial charge in [-0.05, 0) is 54.6 Å². The van der Waals surface area contributed by atoms with E-state index in [1.54, 1.807) is 0 Å². The van der Waals surface area contributed by atoms with Crippen LogP contribution in [-0.2, 0) is 53.0 Å². The number of hydrogen-bond acceptors (Lipinski definition) is 24. The van der Waals surface area contributed by atoms with Crippen molar-refractivity contribution in [1.82, 2.24) is 9.97 Å². The average molecular weight is 925 g/mol. The third-order valence-electron chi connectivity index (χ3n) is 7.19. The molecule has 314 valence electrons. The van der Waals surface area contributed by atoms with Crippen molar-refractivity contribution in [1.29, 1.82) is 0 Å². The summed E-state index contributed by atoms with van der Waals surface area (Å²) in [7, 11) is -14.4. The van der Waals surface area contributed by atoms with Gasteiger partial charge in [-0.3, -0.25) is 13.3 Å². The molecule has 0 aliphatic carbocycles. The highest BCUT2D eigenvalue weighted by Gasteiger charge is 2.24. The van der Waals surface area contributed by atoms with Crippen LogP contribution in [-0.4, -0.2) is 72.3 Å². The van der Waals surface area contributed by atoms with Crippen molar-refractivity contribution in [2.75, 3.05) is 23.4 Å². The lowest BCUT2D eigenvalue weighted by molar-refractivity contribution is -0.434. The van der Waals surface area contributed by atoms with Gasteiger partial charge >= 0.3 is 6.08 Å². The highest BCUT2D eigenvalue weighted by atomic mass is 32.2. The van der Waals surface area contributed by atoms with Crippen molar-refractivity contribution in [3.8, 4) is 5.75 Å². The summed E-state index contributed by atoms with van der Waals surface area (Å²) in [5, 5.41) is 53.2. The van der Waals surface area contributed by atoms with E-state index < -0.39 is 97.8 Å². The molecule has 0 aliphatic heterocycles. The number of azo groups is 2. The van der Waals surface area contributed by atoms with E-state index in [9.17, 15) is 48.2 Å². The Hall–Kier alpha value is -5.13. The molecule has 0 amide bonds. The molecule has 5 rings (SSSR count). The first-order chi connectivity index (χ1) is 27.8. The Balaban J connectivity index is 1.57. The molecule has 0 atom stereocenters. The lowest BCUT2D eigenvalue weighted by atomic mass is 10.1. The van der Waals surface area contributed by atoms with Crippen molar-refractivity contribution < 1.29 is 81.7 Å². The predicted octanol–water partition coefficient (Wildman–Crippen LogP) is 6.47. The fraction of sp³-hybridized carbons (Fsp3) is 0.0714. The average Bonchev–Trinajstić information content (AvgIpc) is 3.15. The van der Waals surface area contributed by atoms with Crippen LogP contribution in [0.1, 0.15) is 0 Å². The van der Waals surface area contributed by atoms with Gasteiger partial charge in [0.05, 0.1) is 39.9 Å². The summed E-state index contributed by atoms with van der Waals surface area (Å²) in [6, 6.07) is 9.75. The molecule has 0 bridgehead atoms. The van der Waals surface area contributed by atoms with Crippen molar-refractivity contribution in [3.05, 3.63) is 72.7 Å². The molecule has 1 heterocycles. The first-order valence-corrected chi connectivity index (χ1v) is 21.0. The third kappa shape index (κ3) is 11.3. The number of phenols is 1. The molecule has 0 saturated heterocycles. The lowest BCUT2D eigenvalue weighted by Crippen LogP contribution is -2.12. The number of aromatic hydroxyl groups is 1. The smallest absolute Gasteiger partial charge is 0.313 e. The SMILES string of the molecule is Nc1ccc2c(O)c(/N=N/c3cc(Nc4cc(F)nc(F)n4)ccc3S(=O)(=O)O)c(SOOO)cc2c1/N=N/c1ccc(S(=O)(=O)CCOSOOO)cc1S(=O)(=O)O. The van der Waals surface area contributed by atoms with Crippen LogP contribution >= 0.6 is 24.4 Å². The van der Waals surface area contributed by atoms with Gasteiger partial charge in [-0.15, -0.1) is 29.1 Å². The third-order valence-corrected chi connectivity index (χ3v) is 11.7. The number of fused-ring (bicyclic) bond motifs is 1. The highest BCUT2D eigenvalue weighted by molar-refractivity contribution is 7.94. The number of nitrogens with one attached hydrogen (secondary N) is 1. The van der Waals surface area contributed by atoms with Crippen LogP contribution < -0.4 is 11.1 Å². The minimum atomic E-state index is -5.16. The summed E-state index contributed by atoms with van der Waals surface area (Å²) >= 11 is 0.311. The van der Waals surface area contributed by atoms with Gasteiger partial charge in [-0.1, -0.05) is 10.1 Å². The van der Waals surface area contributed by atoms with Gasteiger partial charge in [0, 0.05) is 22.5 Å². The topological polar surface area (TPSA) is 363 Å². The van der Waals surface area contributed by atoms with E-state index in [-0.39, 0.29) is 57.1 Å². The zero-order valence-corrected chi connectivity index (χ0v) is 32.6. The molecule has 59 heavy (non-hydrogen) atoms. The van der Waals surface area contributed by atoms with E-state index >= 15 is 0 Å². The normalized spacial score (nSPS) is 12.6. The summed E-state index contributed by atoms with van der Waals surface area (Å²) in [6.45, 7) is -0.515. The largest absolute Gasteiger partial charge is 0.505 e. The second kappa shape index (κ2) is 18.8. The molecule has 0 aliphatic rings. The number of halogens is 2. The summed E-state index contributed by atoms with van der Waals surface area (Å²) < 4.78 is 135. The van der Waals surface area contributed by atoms with E-state index in [4.69, 9.17) is 20.4 Å². The predicted molar refractivity (Wildman–Crippen MR) is 197 cm³/mol. The standard InChI is InChI=1S/C28H22F2N8O16S5/c29-23-12-24(34-28(30)33-23)32-13-1-6-21(58(44,45)46)19(9-13)36-38-26-20(55-53-51-40)11-16-15(27(26)39)3-4-17(31)25(16)37-35-18-5-2-14(10-22(18)59(47,48)49)57(42,43)8-7-50-56-54-52-41/h1-6,9-12,39-41H,7-8,31H2,(H,32,33,34)(H,44,45,46)(H,47,48,49)/b37-35+,38-36+. The second-order valence-corrected chi connectivity index (χ2v) is 17.0. The van der Waals surface area contributed by atoms with Gasteiger partial charge in [-0.25, -0.2) is 18.9 Å². The van der Waals surface area contributed by atoms with E-state index in [0.717, 1.165) is 30.3 Å². The Morgan fingerprint density at radius 3 is 2.14 bits per heavy atom. The van der Waals surface area contributed by atoms with Crippen LogP contribution in [0, 0.1) is 12.0 Å². The summed E-state index contributed by atoms with van der Waals surface area (Å²) in [5.41, 5.74) is 4.02. The number of nitrogens with zero attached hydrogens (tertiary/aromatic N) is 6. The molecule has 0 saturated carbocycles. The molecular formula is C28H22F2N8O16S5. The fourth-order valence-electron chi connectivity index (χ4n) is 4.75. The highest BCUT2D eigenvalue weighted by Crippen LogP contribution is 2.48. The van der Waals surface area contributed by atoms with Gasteiger partial charge in [0.1, 0.15) is 38.4 Å². The number of phenolic OH excluding ortho intramolecular Hbond substituents is 1. The molecule has 4 aromatic carbocycles. The Morgan fingerprint density at radius 1 is 0.763 bits per heavy atom. The van der Waals surface area contributed by atoms with Crippen LogP contribution in [0.25, 0.3) is 10.8 Å². The minimum absolute atomic E-state index is 0.0653. The Bertz CT molecular complexity index is 2790. The van der Waals surface area contributed by atoms with Gasteiger partial charge in [0.2, 0.25) is 5.95 Å². The van der Waals surface area contributed by atoms with Gasteiger partial charge in [-0.2, -0.15) is 35.6 Å². The van der Waals surface area contributed by atoms with Crippen LogP contribution in [0.2, 0.25) is 0 Å². The second-order valence-electron chi connectivity index (χ2n) is 10.9. The number of aromatic nitrogens is 2. The minimum Gasteiger partial charge on any atom is -0.505 e. The number of hydrogen-bond donors (Lipinski definition) is 7. The molecule has 0 unspecified atom stereocenters. The van der Waals surface area contributed by atoms with Crippen molar-refractivity contribution >= 4 is 105 Å². The summed E-state index contributed by atoms with van der Waals surface area (Å²) in [4.78, 5) is 3.58. The van der Waals surface area contributed by atoms with Crippen LogP contribution in [0.15, 0.2) is 101 Å². The molecule has 31 heteroatoms. The maximum absolute atomic E-state index is 13.6. The Morgan fingerprint density at radius 2 is 1.46 bits per heavy atom. The fourth-order valence-corrected chi connectivity index (χ4v) is 8.00. The summed E-state index contributed by atoms with van der Waals surface area (Å²) in [6.07, 6.45) is -1.42. The van der Waals surface area contributed by atoms with E-state index in [0.29, 0.717) is 12.1 Å². The molecule has 8 N–H and O–H groups in total. The first kappa shape index (κ1) is 45.0. The molecule has 0 spiro atoms. The quantitative estimate of drug-likeness (QED) is 0.00570. The Labute approximate surface area is 337 Å². The zero-order valence-electron chi connectivity index (χ0n) is 28.5. The first-order valence-electron chi connectivity index (χ1n) is 15.1. The van der Waals surface area contributed by atoms with Crippen LogP contribution in [0.4, 0.5) is 48.7 Å². The lowest BCUT2D eigenvalue weighted by Gasteiger charge is -2.12. The number of benzene rings is 4. The van der Waals surface area contributed by atoms with Gasteiger partial charge in [0.25, 0.3) is 20.2 Å². The number of rotatable bonds is 18. The molecule has 1 aromatic heterocycles. The molecule has 0 radical (unpaired) electrons. The number of anilines is 3. The van der Waals surface area contributed by atoms with Crippen molar-refractivity contribution in [3.63, 3.8) is 0 Å². The van der Waals surface area contributed by atoms with E-state index in [1.807, 2.05) is 0 Å². The number of nitrogen functional groups attached to an aromatic ring is 1. The molecule has 5 aromatic rings. The van der Waals surface area contributed by atoms with E-state index in [1.165, 1.54) is 18.2 Å². The summed E-state index contributed by atoms with van der Waals surface area (Å²) in [5.74, 6) is -3.08.